The van der Waals surface area contributed by atoms with Gasteiger partial charge in [0.1, 0.15) is 0 Å². The Hall–Kier alpha value is -2.13. The number of aliphatic hydroxyl groups excluding tert-OH is 1. The van der Waals surface area contributed by atoms with Crippen molar-refractivity contribution in [2.45, 2.75) is 20.0 Å². The summed E-state index contributed by atoms with van der Waals surface area (Å²) in [6.45, 7) is 3.69. The summed E-state index contributed by atoms with van der Waals surface area (Å²) in [7, 11) is 0. The maximum atomic E-state index is 12.0. The first-order valence-corrected chi connectivity index (χ1v) is 6.22. The van der Waals surface area contributed by atoms with E-state index in [-0.39, 0.29) is 5.91 Å². The normalized spacial score (nSPS) is 11.9. The van der Waals surface area contributed by atoms with Crippen LogP contribution in [0.3, 0.4) is 0 Å². The SMILES string of the molecule is Cc1ccc(C(=O)Nc2ccc([C@H](C)O)cc2)cc1. The molecule has 0 aliphatic carbocycles. The second kappa shape index (κ2) is 5.67. The standard InChI is InChI=1S/C16H17NO2/c1-11-3-5-14(6-4-11)16(19)17-15-9-7-13(8-10-15)12(2)18/h3-10,12,18H,1-2H3,(H,17,19)/t12-/m0/s1. The summed E-state index contributed by atoms with van der Waals surface area (Å²) < 4.78 is 0. The van der Waals surface area contributed by atoms with Crippen LogP contribution in [-0.2, 0) is 0 Å². The van der Waals surface area contributed by atoms with E-state index >= 15 is 0 Å². The number of hydrogen-bond donors (Lipinski definition) is 2. The zero-order chi connectivity index (χ0) is 13.8. The quantitative estimate of drug-likeness (QED) is 0.884. The van der Waals surface area contributed by atoms with Gasteiger partial charge in [-0.3, -0.25) is 4.79 Å². The van der Waals surface area contributed by atoms with E-state index in [1.165, 1.54) is 0 Å². The summed E-state index contributed by atoms with van der Waals surface area (Å²) in [6.07, 6.45) is -0.498. The van der Waals surface area contributed by atoms with E-state index in [0.29, 0.717) is 5.56 Å². The molecule has 0 unspecified atom stereocenters. The lowest BCUT2D eigenvalue weighted by atomic mass is 10.1. The van der Waals surface area contributed by atoms with Crippen molar-refractivity contribution in [3.05, 3.63) is 65.2 Å². The molecule has 2 rings (SSSR count). The van der Waals surface area contributed by atoms with Crippen molar-refractivity contribution >= 4 is 11.6 Å². The van der Waals surface area contributed by atoms with Crippen molar-refractivity contribution in [2.24, 2.45) is 0 Å². The smallest absolute Gasteiger partial charge is 0.255 e. The second-order valence-corrected chi connectivity index (χ2v) is 4.62. The summed E-state index contributed by atoms with van der Waals surface area (Å²) in [5, 5.41) is 12.2. The lowest BCUT2D eigenvalue weighted by Gasteiger charge is -2.08. The summed E-state index contributed by atoms with van der Waals surface area (Å²) in [4.78, 5) is 12.0. The largest absolute Gasteiger partial charge is 0.389 e. The Balaban J connectivity index is 2.08. The maximum Gasteiger partial charge on any atom is 0.255 e. The van der Waals surface area contributed by atoms with Crippen LogP contribution < -0.4 is 5.32 Å². The number of anilines is 1. The average molecular weight is 255 g/mol. The molecule has 2 aromatic carbocycles. The van der Waals surface area contributed by atoms with Crippen molar-refractivity contribution < 1.29 is 9.90 Å². The molecule has 2 aromatic rings. The molecule has 3 heteroatoms. The third-order valence-corrected chi connectivity index (χ3v) is 2.96. The van der Waals surface area contributed by atoms with Crippen molar-refractivity contribution in [2.75, 3.05) is 5.32 Å². The fraction of sp³-hybridized carbons (Fsp3) is 0.188. The van der Waals surface area contributed by atoms with Gasteiger partial charge in [0, 0.05) is 11.3 Å². The van der Waals surface area contributed by atoms with Crippen molar-refractivity contribution in [1.29, 1.82) is 0 Å². The zero-order valence-corrected chi connectivity index (χ0v) is 11.1. The third-order valence-electron chi connectivity index (χ3n) is 2.96. The van der Waals surface area contributed by atoms with Crippen LogP contribution in [0.15, 0.2) is 48.5 Å². The Labute approximate surface area is 112 Å². The van der Waals surface area contributed by atoms with Crippen LogP contribution in [-0.4, -0.2) is 11.0 Å². The molecule has 0 aliphatic rings. The maximum absolute atomic E-state index is 12.0. The van der Waals surface area contributed by atoms with E-state index in [2.05, 4.69) is 5.32 Å². The van der Waals surface area contributed by atoms with Crippen LogP contribution in [0.4, 0.5) is 5.69 Å². The van der Waals surface area contributed by atoms with Gasteiger partial charge in [0.25, 0.3) is 5.91 Å². The van der Waals surface area contributed by atoms with Crippen molar-refractivity contribution in [1.82, 2.24) is 0 Å². The van der Waals surface area contributed by atoms with E-state index in [0.717, 1.165) is 16.8 Å². The molecule has 98 valence electrons. The van der Waals surface area contributed by atoms with Gasteiger partial charge in [-0.15, -0.1) is 0 Å². The van der Waals surface area contributed by atoms with Gasteiger partial charge >= 0.3 is 0 Å². The molecule has 0 aliphatic heterocycles. The van der Waals surface area contributed by atoms with E-state index < -0.39 is 6.10 Å². The van der Waals surface area contributed by atoms with E-state index in [4.69, 9.17) is 0 Å². The van der Waals surface area contributed by atoms with Crippen molar-refractivity contribution in [3.63, 3.8) is 0 Å². The predicted octanol–water partition coefficient (Wildman–Crippen LogP) is 3.30. The molecule has 0 aromatic heterocycles. The number of carbonyl (C=O) groups is 1. The second-order valence-electron chi connectivity index (χ2n) is 4.62. The summed E-state index contributed by atoms with van der Waals surface area (Å²) in [6, 6.07) is 14.6. The van der Waals surface area contributed by atoms with Gasteiger partial charge in [-0.25, -0.2) is 0 Å². The average Bonchev–Trinajstić information content (AvgIpc) is 2.40. The Morgan fingerprint density at radius 2 is 1.63 bits per heavy atom. The number of benzene rings is 2. The van der Waals surface area contributed by atoms with E-state index in [1.54, 1.807) is 43.3 Å². The number of carbonyl (C=O) groups excluding carboxylic acids is 1. The Morgan fingerprint density at radius 3 is 2.16 bits per heavy atom. The molecule has 0 spiro atoms. The number of amides is 1. The van der Waals surface area contributed by atoms with Crippen LogP contribution in [0.5, 0.6) is 0 Å². The molecule has 0 saturated heterocycles. The highest BCUT2D eigenvalue weighted by molar-refractivity contribution is 6.04. The molecule has 0 saturated carbocycles. The number of nitrogens with one attached hydrogen (secondary N) is 1. The molecule has 0 bridgehead atoms. The minimum absolute atomic E-state index is 0.134. The first-order valence-electron chi connectivity index (χ1n) is 6.22. The minimum atomic E-state index is -0.498. The Bertz CT molecular complexity index is 556. The van der Waals surface area contributed by atoms with Crippen molar-refractivity contribution in [3.8, 4) is 0 Å². The number of aryl methyl sites for hydroxylation is 1. The molecule has 0 fully saturated rings. The molecule has 19 heavy (non-hydrogen) atoms. The lowest BCUT2D eigenvalue weighted by molar-refractivity contribution is 0.102. The van der Waals surface area contributed by atoms with Gasteiger partial charge < -0.3 is 10.4 Å². The third kappa shape index (κ3) is 3.42. The van der Waals surface area contributed by atoms with Gasteiger partial charge in [0.15, 0.2) is 0 Å². The summed E-state index contributed by atoms with van der Waals surface area (Å²) in [5.41, 5.74) is 3.30. The van der Waals surface area contributed by atoms with Gasteiger partial charge in [-0.2, -0.15) is 0 Å². The molecule has 0 heterocycles. The molecule has 0 radical (unpaired) electrons. The summed E-state index contributed by atoms with van der Waals surface area (Å²) >= 11 is 0. The van der Waals surface area contributed by atoms with Gasteiger partial charge in [-0.05, 0) is 43.7 Å². The number of aliphatic hydroxyl groups is 1. The number of rotatable bonds is 3. The monoisotopic (exact) mass is 255 g/mol. The predicted molar refractivity (Wildman–Crippen MR) is 76.2 cm³/mol. The number of hydrogen-bond acceptors (Lipinski definition) is 2. The Morgan fingerprint density at radius 1 is 1.05 bits per heavy atom. The van der Waals surface area contributed by atoms with Gasteiger partial charge in [0.05, 0.1) is 6.10 Å². The first kappa shape index (κ1) is 13.3. The van der Waals surface area contributed by atoms with Gasteiger partial charge in [0.2, 0.25) is 0 Å². The van der Waals surface area contributed by atoms with E-state index in [9.17, 15) is 9.90 Å². The van der Waals surface area contributed by atoms with Crippen LogP contribution in [0.1, 0.15) is 34.5 Å². The molecular weight excluding hydrogens is 238 g/mol. The zero-order valence-electron chi connectivity index (χ0n) is 11.1. The topological polar surface area (TPSA) is 49.3 Å². The fourth-order valence-electron chi connectivity index (χ4n) is 1.75. The fourth-order valence-corrected chi connectivity index (χ4v) is 1.75. The molecule has 3 nitrogen and oxygen atoms in total. The minimum Gasteiger partial charge on any atom is -0.389 e. The van der Waals surface area contributed by atoms with E-state index in [1.807, 2.05) is 19.1 Å². The van der Waals surface area contributed by atoms with Crippen LogP contribution in [0.25, 0.3) is 0 Å². The highest BCUT2D eigenvalue weighted by Gasteiger charge is 2.06. The first-order chi connectivity index (χ1) is 9.06. The highest BCUT2D eigenvalue weighted by Crippen LogP contribution is 2.16. The van der Waals surface area contributed by atoms with Crippen LogP contribution in [0.2, 0.25) is 0 Å². The van der Waals surface area contributed by atoms with Gasteiger partial charge in [-0.1, -0.05) is 29.8 Å². The molecular formula is C16H17NO2. The Kier molecular flexibility index (Phi) is 3.97. The molecule has 2 N–H and O–H groups in total. The highest BCUT2D eigenvalue weighted by atomic mass is 16.3. The van der Waals surface area contributed by atoms with Crippen LogP contribution >= 0.6 is 0 Å². The molecule has 1 atom stereocenters. The summed E-state index contributed by atoms with van der Waals surface area (Å²) in [5.74, 6) is -0.134. The lowest BCUT2D eigenvalue weighted by Crippen LogP contribution is -2.11. The molecule has 1 amide bonds. The van der Waals surface area contributed by atoms with Crippen LogP contribution in [0, 0.1) is 6.92 Å².